The van der Waals surface area contributed by atoms with E-state index >= 15 is 0 Å². The second kappa shape index (κ2) is 4.34. The lowest BCUT2D eigenvalue weighted by Gasteiger charge is -2.02. The summed E-state index contributed by atoms with van der Waals surface area (Å²) in [4.78, 5) is 7.97. The minimum atomic E-state index is 0.671. The first kappa shape index (κ1) is 8.53. The highest BCUT2D eigenvalue weighted by molar-refractivity contribution is 7.99. The molecule has 0 aliphatic carbocycles. The van der Waals surface area contributed by atoms with Gasteiger partial charge in [0.2, 0.25) is 0 Å². The van der Waals surface area contributed by atoms with Gasteiger partial charge in [0.15, 0.2) is 0 Å². The molecule has 0 spiro atoms. The smallest absolute Gasteiger partial charge is 0.115 e. The van der Waals surface area contributed by atoms with Crippen LogP contribution in [0.3, 0.4) is 0 Å². The van der Waals surface area contributed by atoms with Crippen molar-refractivity contribution >= 4 is 11.8 Å². The van der Waals surface area contributed by atoms with E-state index in [-0.39, 0.29) is 0 Å². The van der Waals surface area contributed by atoms with Crippen LogP contribution in [0.1, 0.15) is 19.5 Å². The summed E-state index contributed by atoms with van der Waals surface area (Å²) in [7, 11) is 0. The molecular weight excluding hydrogens is 156 g/mol. The molecule has 0 radical (unpaired) electrons. The van der Waals surface area contributed by atoms with Gasteiger partial charge >= 0.3 is 0 Å². The van der Waals surface area contributed by atoms with Crippen molar-refractivity contribution in [3.8, 4) is 0 Å². The average molecular weight is 168 g/mol. The largest absolute Gasteiger partial charge is 0.245 e. The lowest BCUT2D eigenvalue weighted by molar-refractivity contribution is 1.07. The van der Waals surface area contributed by atoms with Gasteiger partial charge in [-0.3, -0.25) is 0 Å². The van der Waals surface area contributed by atoms with Crippen molar-refractivity contribution in [3.63, 3.8) is 0 Å². The Bertz CT molecular complexity index is 199. The summed E-state index contributed by atoms with van der Waals surface area (Å²) >= 11 is 1.89. The summed E-state index contributed by atoms with van der Waals surface area (Å²) in [5, 5.41) is 0.671. The molecule has 0 unspecified atom stereocenters. The Morgan fingerprint density at radius 3 is 2.91 bits per heavy atom. The van der Waals surface area contributed by atoms with E-state index in [0.29, 0.717) is 5.25 Å². The Kier molecular flexibility index (Phi) is 3.36. The van der Waals surface area contributed by atoms with E-state index in [1.165, 1.54) is 0 Å². The molecule has 0 aromatic carbocycles. The molecule has 0 amide bonds. The first-order valence-corrected chi connectivity index (χ1v) is 4.70. The molecule has 0 atom stereocenters. The molecule has 0 N–H and O–H groups in total. The van der Waals surface area contributed by atoms with Crippen LogP contribution in [0.25, 0.3) is 0 Å². The molecule has 0 aliphatic heterocycles. The third kappa shape index (κ3) is 3.37. The molecule has 1 heterocycles. The zero-order chi connectivity index (χ0) is 8.10. The van der Waals surface area contributed by atoms with Gasteiger partial charge in [-0.2, -0.15) is 11.8 Å². The first-order valence-electron chi connectivity index (χ1n) is 3.65. The third-order valence-corrected chi connectivity index (χ3v) is 2.34. The van der Waals surface area contributed by atoms with Crippen LogP contribution >= 0.6 is 11.8 Å². The molecule has 60 valence electrons. The van der Waals surface area contributed by atoms with Crippen molar-refractivity contribution in [2.45, 2.75) is 24.9 Å². The topological polar surface area (TPSA) is 25.8 Å². The van der Waals surface area contributed by atoms with E-state index in [4.69, 9.17) is 0 Å². The summed E-state index contributed by atoms with van der Waals surface area (Å²) < 4.78 is 0. The second-order valence-corrected chi connectivity index (χ2v) is 4.13. The summed E-state index contributed by atoms with van der Waals surface area (Å²) in [6.45, 7) is 4.37. The molecule has 0 saturated carbocycles. The van der Waals surface area contributed by atoms with Crippen LogP contribution < -0.4 is 0 Å². The van der Waals surface area contributed by atoms with Crippen molar-refractivity contribution in [1.29, 1.82) is 0 Å². The molecule has 0 bridgehead atoms. The van der Waals surface area contributed by atoms with Gasteiger partial charge in [-0.05, 0) is 11.3 Å². The zero-order valence-corrected chi connectivity index (χ0v) is 7.64. The average Bonchev–Trinajstić information content (AvgIpc) is 2.03. The number of nitrogens with zero attached hydrogens (tertiary/aromatic N) is 2. The fourth-order valence-corrected chi connectivity index (χ4v) is 1.33. The zero-order valence-electron chi connectivity index (χ0n) is 6.82. The van der Waals surface area contributed by atoms with E-state index in [1.807, 2.05) is 17.8 Å². The highest BCUT2D eigenvalue weighted by atomic mass is 32.2. The van der Waals surface area contributed by atoms with Crippen molar-refractivity contribution in [2.75, 3.05) is 0 Å². The van der Waals surface area contributed by atoms with Crippen LogP contribution in [0.15, 0.2) is 18.6 Å². The molecule has 1 rings (SSSR count). The van der Waals surface area contributed by atoms with E-state index in [2.05, 4.69) is 23.8 Å². The van der Waals surface area contributed by atoms with Gasteiger partial charge in [0, 0.05) is 11.9 Å². The molecule has 0 fully saturated rings. The minimum absolute atomic E-state index is 0.671. The SMILES string of the molecule is CC(C)SCc1ccncn1. The lowest BCUT2D eigenvalue weighted by atomic mass is 10.5. The van der Waals surface area contributed by atoms with Gasteiger partial charge in [0.1, 0.15) is 6.33 Å². The Balaban J connectivity index is 2.39. The van der Waals surface area contributed by atoms with Gasteiger partial charge in [-0.25, -0.2) is 9.97 Å². The number of thioether (sulfide) groups is 1. The molecule has 3 heteroatoms. The van der Waals surface area contributed by atoms with E-state index in [0.717, 1.165) is 11.4 Å². The van der Waals surface area contributed by atoms with Gasteiger partial charge in [0.05, 0.1) is 5.69 Å². The maximum absolute atomic E-state index is 4.12. The molecule has 0 aliphatic rings. The van der Waals surface area contributed by atoms with Crippen LogP contribution in [-0.4, -0.2) is 15.2 Å². The number of hydrogen-bond acceptors (Lipinski definition) is 3. The van der Waals surface area contributed by atoms with Crippen molar-refractivity contribution in [2.24, 2.45) is 0 Å². The molecule has 1 aromatic rings. The minimum Gasteiger partial charge on any atom is -0.245 e. The van der Waals surface area contributed by atoms with Gasteiger partial charge in [0.25, 0.3) is 0 Å². The predicted molar refractivity (Wildman–Crippen MR) is 48.5 cm³/mol. The molecule has 1 aromatic heterocycles. The monoisotopic (exact) mass is 168 g/mol. The van der Waals surface area contributed by atoms with Crippen molar-refractivity contribution in [1.82, 2.24) is 9.97 Å². The normalized spacial score (nSPS) is 10.5. The van der Waals surface area contributed by atoms with Crippen LogP contribution in [0.5, 0.6) is 0 Å². The first-order chi connectivity index (χ1) is 5.29. The predicted octanol–water partition coefficient (Wildman–Crippen LogP) is 2.12. The van der Waals surface area contributed by atoms with E-state index in [9.17, 15) is 0 Å². The van der Waals surface area contributed by atoms with Gasteiger partial charge in [-0.15, -0.1) is 0 Å². The summed E-state index contributed by atoms with van der Waals surface area (Å²) in [5.74, 6) is 0.986. The maximum Gasteiger partial charge on any atom is 0.115 e. The highest BCUT2D eigenvalue weighted by Crippen LogP contribution is 2.14. The van der Waals surface area contributed by atoms with Crippen molar-refractivity contribution in [3.05, 3.63) is 24.3 Å². The van der Waals surface area contributed by atoms with Gasteiger partial charge in [-0.1, -0.05) is 13.8 Å². The van der Waals surface area contributed by atoms with Crippen LogP contribution in [0.2, 0.25) is 0 Å². The summed E-state index contributed by atoms with van der Waals surface area (Å²) in [6.07, 6.45) is 3.37. The van der Waals surface area contributed by atoms with Gasteiger partial charge < -0.3 is 0 Å². The highest BCUT2D eigenvalue weighted by Gasteiger charge is 1.96. The number of rotatable bonds is 3. The molecule has 2 nitrogen and oxygen atoms in total. The third-order valence-electron chi connectivity index (χ3n) is 1.21. The van der Waals surface area contributed by atoms with E-state index in [1.54, 1.807) is 12.5 Å². The quantitative estimate of drug-likeness (QED) is 0.691. The fourth-order valence-electron chi connectivity index (χ4n) is 0.656. The van der Waals surface area contributed by atoms with Crippen LogP contribution in [0, 0.1) is 0 Å². The lowest BCUT2D eigenvalue weighted by Crippen LogP contribution is -1.91. The maximum atomic E-state index is 4.12. The van der Waals surface area contributed by atoms with Crippen molar-refractivity contribution < 1.29 is 0 Å². The Morgan fingerprint density at radius 2 is 2.36 bits per heavy atom. The second-order valence-electron chi connectivity index (χ2n) is 2.56. The number of hydrogen-bond donors (Lipinski definition) is 0. The Hall–Kier alpha value is -0.570. The van der Waals surface area contributed by atoms with Crippen LogP contribution in [-0.2, 0) is 5.75 Å². The summed E-state index contributed by atoms with van der Waals surface area (Å²) in [5.41, 5.74) is 1.11. The molecule has 0 saturated heterocycles. The Labute approximate surface area is 71.5 Å². The summed E-state index contributed by atoms with van der Waals surface area (Å²) in [6, 6.07) is 1.95. The van der Waals surface area contributed by atoms with Crippen LogP contribution in [0.4, 0.5) is 0 Å². The standard InChI is InChI=1S/C8H12N2S/c1-7(2)11-5-8-3-4-9-6-10-8/h3-4,6-7H,5H2,1-2H3. The Morgan fingerprint density at radius 1 is 1.55 bits per heavy atom. The number of aromatic nitrogens is 2. The van der Waals surface area contributed by atoms with E-state index < -0.39 is 0 Å². The fraction of sp³-hybridized carbons (Fsp3) is 0.500. The molecule has 11 heavy (non-hydrogen) atoms. The molecular formula is C8H12N2S.